The smallest absolute Gasteiger partial charge is 0.258 e. The van der Waals surface area contributed by atoms with Gasteiger partial charge in [0.05, 0.1) is 9.85 Å². The number of benzene rings is 2. The molecule has 0 saturated heterocycles. The molecule has 0 aliphatic rings. The van der Waals surface area contributed by atoms with E-state index in [0.29, 0.717) is 0 Å². The number of hydrogen-bond acceptors (Lipinski definition) is 4. The van der Waals surface area contributed by atoms with Crippen LogP contribution < -0.4 is 0 Å². The highest BCUT2D eigenvalue weighted by Crippen LogP contribution is 2.24. The van der Waals surface area contributed by atoms with Crippen LogP contribution in [-0.2, 0) is 0 Å². The maximum Gasteiger partial charge on any atom is 0.346 e. The second kappa shape index (κ2) is 8.11. The molecule has 2 aromatic rings. The average Bonchev–Trinajstić information content (AvgIpc) is 2.55. The van der Waals surface area contributed by atoms with Gasteiger partial charge in [0.25, 0.3) is 0 Å². The fourth-order valence-electron chi connectivity index (χ4n) is 1.66. The maximum absolute atomic E-state index is 10.2. The molecule has 2 aromatic carbocycles. The van der Waals surface area contributed by atoms with Crippen LogP contribution in [0.1, 0.15) is 11.1 Å². The monoisotopic (exact) mass is 298 g/mol. The summed E-state index contributed by atoms with van der Waals surface area (Å²) in [5.74, 6) is 0. The first-order chi connectivity index (χ1) is 10.5. The van der Waals surface area contributed by atoms with Crippen LogP contribution in [0, 0.1) is 20.2 Å². The quantitative estimate of drug-likeness (QED) is 0.615. The van der Waals surface area contributed by atoms with Crippen molar-refractivity contribution in [3.63, 3.8) is 0 Å². The van der Waals surface area contributed by atoms with Gasteiger partial charge in [-0.25, -0.2) is 0 Å². The van der Waals surface area contributed by atoms with Gasteiger partial charge in [-0.3, -0.25) is 20.2 Å². The van der Waals surface area contributed by atoms with Gasteiger partial charge in [0.15, 0.2) is 0 Å². The van der Waals surface area contributed by atoms with Crippen molar-refractivity contribution in [3.8, 4) is 0 Å². The Bertz CT molecular complexity index is 651. The van der Waals surface area contributed by atoms with Crippen LogP contribution in [0.25, 0.3) is 12.2 Å². The third-order valence-electron chi connectivity index (χ3n) is 2.71. The molecule has 0 fully saturated rings. The van der Waals surface area contributed by atoms with Gasteiger partial charge in [-0.1, -0.05) is 61.7 Å². The Hall–Kier alpha value is -3.28. The van der Waals surface area contributed by atoms with Crippen LogP contribution in [0.2, 0.25) is 0 Å². The first-order valence-corrected chi connectivity index (χ1v) is 6.23. The molecule has 0 unspecified atom stereocenters. The van der Waals surface area contributed by atoms with E-state index in [9.17, 15) is 20.2 Å². The lowest BCUT2D eigenvalue weighted by Crippen LogP contribution is -1.95. The summed E-state index contributed by atoms with van der Waals surface area (Å²) in [6.07, 6.45) is 3.66. The van der Waals surface area contributed by atoms with Crippen molar-refractivity contribution in [1.29, 1.82) is 0 Å². The van der Waals surface area contributed by atoms with E-state index in [1.54, 1.807) is 0 Å². The molecule has 0 amide bonds. The summed E-state index contributed by atoms with van der Waals surface area (Å²) in [6, 6.07) is 13.0. The van der Waals surface area contributed by atoms with Crippen molar-refractivity contribution < 1.29 is 9.85 Å². The van der Waals surface area contributed by atoms with E-state index in [2.05, 4.69) is 13.2 Å². The minimum absolute atomic E-state index is 0.484. The first kappa shape index (κ1) is 16.8. The minimum atomic E-state index is -0.780. The second-order valence-electron chi connectivity index (χ2n) is 4.04. The van der Waals surface area contributed by atoms with Crippen molar-refractivity contribution in [1.82, 2.24) is 0 Å². The Labute approximate surface area is 127 Å². The predicted molar refractivity (Wildman–Crippen MR) is 86.4 cm³/mol. The fraction of sp³-hybridized carbons (Fsp3) is 0. The summed E-state index contributed by atoms with van der Waals surface area (Å²) in [5, 5.41) is 20.5. The number of nitro benzene ring substituents is 2. The number of para-hydroxylation sites is 2. The van der Waals surface area contributed by atoms with Crippen molar-refractivity contribution in [2.45, 2.75) is 0 Å². The molecule has 0 heterocycles. The Morgan fingerprint density at radius 3 is 1.32 bits per heavy atom. The molecule has 6 nitrogen and oxygen atoms in total. The molecule has 112 valence electrons. The fourth-order valence-corrected chi connectivity index (χ4v) is 1.66. The summed E-state index contributed by atoms with van der Waals surface area (Å²) >= 11 is 0. The van der Waals surface area contributed by atoms with Crippen LogP contribution in [-0.4, -0.2) is 9.85 Å². The molecule has 0 aliphatic heterocycles. The summed E-state index contributed by atoms with van der Waals surface area (Å²) in [6.45, 7) is 7.38. The van der Waals surface area contributed by atoms with Gasteiger partial charge in [0.1, 0.15) is 0 Å². The average molecular weight is 298 g/mol. The Kier molecular flexibility index (Phi) is 6.18. The Morgan fingerprint density at radius 2 is 1.05 bits per heavy atom. The lowest BCUT2D eigenvalue weighted by atomic mass is 10.1. The zero-order chi connectivity index (χ0) is 16.5. The zero-order valence-corrected chi connectivity index (χ0v) is 11.7. The van der Waals surface area contributed by atoms with Crippen LogP contribution in [0.4, 0.5) is 11.4 Å². The molecule has 6 heteroatoms. The highest BCUT2D eigenvalue weighted by molar-refractivity contribution is 5.63. The standard InChI is InChI=1S/C10H10.C6H4N2O4/c1-3-9-7-5-6-8-10(9)4-2;9-7(10)5-3-1-2-4-6(5)8(11)12/h3-8H,1-2H2;1-4H. The molecule has 0 N–H and O–H groups in total. The highest BCUT2D eigenvalue weighted by Gasteiger charge is 2.21. The van der Waals surface area contributed by atoms with E-state index >= 15 is 0 Å². The molecule has 0 radical (unpaired) electrons. The van der Waals surface area contributed by atoms with Crippen molar-refractivity contribution in [2.75, 3.05) is 0 Å². The molecule has 2 rings (SSSR count). The second-order valence-corrected chi connectivity index (χ2v) is 4.04. The summed E-state index contributed by atoms with van der Waals surface area (Å²) in [5.41, 5.74) is 1.31. The van der Waals surface area contributed by atoms with E-state index < -0.39 is 21.2 Å². The Balaban J connectivity index is 0.000000224. The molecule has 0 bridgehead atoms. The van der Waals surface area contributed by atoms with Gasteiger partial charge in [-0.2, -0.15) is 0 Å². The van der Waals surface area contributed by atoms with Crippen molar-refractivity contribution in [2.24, 2.45) is 0 Å². The first-order valence-electron chi connectivity index (χ1n) is 6.23. The maximum atomic E-state index is 10.2. The topological polar surface area (TPSA) is 86.3 Å². The molecule has 0 atom stereocenters. The summed E-state index contributed by atoms with van der Waals surface area (Å²) < 4.78 is 0. The van der Waals surface area contributed by atoms with Gasteiger partial charge < -0.3 is 0 Å². The van der Waals surface area contributed by atoms with Crippen LogP contribution >= 0.6 is 0 Å². The molecule has 0 aliphatic carbocycles. The molecule has 0 saturated carbocycles. The van der Waals surface area contributed by atoms with Gasteiger partial charge in [-0.15, -0.1) is 0 Å². The van der Waals surface area contributed by atoms with E-state index in [1.165, 1.54) is 12.1 Å². The van der Waals surface area contributed by atoms with Gasteiger partial charge in [0.2, 0.25) is 0 Å². The third-order valence-corrected chi connectivity index (χ3v) is 2.71. The van der Waals surface area contributed by atoms with E-state index in [-0.39, 0.29) is 0 Å². The minimum Gasteiger partial charge on any atom is -0.258 e. The zero-order valence-electron chi connectivity index (χ0n) is 11.7. The largest absolute Gasteiger partial charge is 0.346 e. The number of rotatable bonds is 4. The molecule has 0 aromatic heterocycles. The van der Waals surface area contributed by atoms with Crippen LogP contribution in [0.5, 0.6) is 0 Å². The number of nitro groups is 2. The SMILES string of the molecule is C=Cc1ccccc1C=C.O=[N+]([O-])c1ccccc1[N+](=O)[O-]. The van der Waals surface area contributed by atoms with Gasteiger partial charge in [-0.05, 0) is 11.1 Å². The molecule has 0 spiro atoms. The van der Waals surface area contributed by atoms with E-state index in [1.807, 2.05) is 36.4 Å². The Morgan fingerprint density at radius 1 is 0.727 bits per heavy atom. The van der Waals surface area contributed by atoms with Crippen LogP contribution in [0.3, 0.4) is 0 Å². The summed E-state index contributed by atoms with van der Waals surface area (Å²) in [7, 11) is 0. The van der Waals surface area contributed by atoms with Crippen molar-refractivity contribution >= 4 is 23.5 Å². The van der Waals surface area contributed by atoms with Crippen molar-refractivity contribution in [3.05, 3.63) is 93.0 Å². The lowest BCUT2D eigenvalue weighted by Gasteiger charge is -1.96. The summed E-state index contributed by atoms with van der Waals surface area (Å²) in [4.78, 5) is 18.9. The number of nitrogens with zero attached hydrogens (tertiary/aromatic N) is 2. The molecular weight excluding hydrogens is 284 g/mol. The number of hydrogen-bond donors (Lipinski definition) is 0. The lowest BCUT2D eigenvalue weighted by molar-refractivity contribution is -0.422. The van der Waals surface area contributed by atoms with Crippen LogP contribution in [0.15, 0.2) is 61.7 Å². The third kappa shape index (κ3) is 4.38. The molecular formula is C16H14N2O4. The van der Waals surface area contributed by atoms with Gasteiger partial charge >= 0.3 is 11.4 Å². The van der Waals surface area contributed by atoms with E-state index in [4.69, 9.17) is 0 Å². The highest BCUT2D eigenvalue weighted by atomic mass is 16.6. The predicted octanol–water partition coefficient (Wildman–Crippen LogP) is 4.48. The molecule has 22 heavy (non-hydrogen) atoms. The normalized spacial score (nSPS) is 9.09. The van der Waals surface area contributed by atoms with Gasteiger partial charge in [0, 0.05) is 12.1 Å². The van der Waals surface area contributed by atoms with E-state index in [0.717, 1.165) is 23.3 Å².